The molecule has 0 bridgehead atoms. The summed E-state index contributed by atoms with van der Waals surface area (Å²) in [7, 11) is 0. The van der Waals surface area contributed by atoms with Gasteiger partial charge in [-0.25, -0.2) is 0 Å². The average molecular weight is 304 g/mol. The largest absolute Gasteiger partial charge is 0.366 e. The number of nitrogens with two attached hydrogens (primary N) is 1. The van der Waals surface area contributed by atoms with E-state index in [-0.39, 0.29) is 0 Å². The quantitative estimate of drug-likeness (QED) is 0.552. The molecule has 0 saturated carbocycles. The maximum atomic E-state index is 12.0. The van der Waals surface area contributed by atoms with Crippen molar-refractivity contribution >= 4 is 29.8 Å². The highest BCUT2D eigenvalue weighted by Gasteiger charge is 2.25. The Kier molecular flexibility index (Phi) is 4.72. The zero-order valence-electron chi connectivity index (χ0n) is 11.8. The molecule has 0 unspecified atom stereocenters. The van der Waals surface area contributed by atoms with E-state index in [9.17, 15) is 19.2 Å². The molecule has 0 aromatic heterocycles. The SMILES string of the molecule is NC(=O)c1ccc(NC(=O)C(=O)N2CCN(C=O)CC2)cc1. The number of anilines is 1. The Morgan fingerprint density at radius 2 is 1.64 bits per heavy atom. The van der Waals surface area contributed by atoms with Crippen LogP contribution in [0.15, 0.2) is 24.3 Å². The van der Waals surface area contributed by atoms with Crippen LogP contribution in [0.25, 0.3) is 0 Å². The Labute approximate surface area is 126 Å². The van der Waals surface area contributed by atoms with E-state index < -0.39 is 17.7 Å². The lowest BCUT2D eigenvalue weighted by atomic mass is 10.2. The third-order valence-corrected chi connectivity index (χ3v) is 3.37. The first-order valence-electron chi connectivity index (χ1n) is 6.70. The molecule has 0 atom stereocenters. The van der Waals surface area contributed by atoms with Crippen LogP contribution in [0.5, 0.6) is 0 Å². The topological polar surface area (TPSA) is 113 Å². The van der Waals surface area contributed by atoms with E-state index in [0.717, 1.165) is 6.41 Å². The van der Waals surface area contributed by atoms with Gasteiger partial charge < -0.3 is 20.9 Å². The van der Waals surface area contributed by atoms with Crippen molar-refractivity contribution in [2.24, 2.45) is 5.73 Å². The highest BCUT2D eigenvalue weighted by Crippen LogP contribution is 2.10. The summed E-state index contributed by atoms with van der Waals surface area (Å²) in [6.07, 6.45) is 0.724. The summed E-state index contributed by atoms with van der Waals surface area (Å²) in [6, 6.07) is 5.92. The van der Waals surface area contributed by atoms with Gasteiger partial charge >= 0.3 is 11.8 Å². The molecule has 116 valence electrons. The number of benzene rings is 1. The van der Waals surface area contributed by atoms with E-state index in [1.165, 1.54) is 29.2 Å². The van der Waals surface area contributed by atoms with Gasteiger partial charge in [-0.1, -0.05) is 0 Å². The second kappa shape index (κ2) is 6.70. The highest BCUT2D eigenvalue weighted by atomic mass is 16.2. The number of rotatable bonds is 3. The van der Waals surface area contributed by atoms with Crippen molar-refractivity contribution in [3.63, 3.8) is 0 Å². The van der Waals surface area contributed by atoms with Gasteiger partial charge in [0.2, 0.25) is 12.3 Å². The molecule has 1 fully saturated rings. The molecule has 1 aromatic carbocycles. The van der Waals surface area contributed by atoms with Gasteiger partial charge in [-0.15, -0.1) is 0 Å². The van der Waals surface area contributed by atoms with Crippen LogP contribution < -0.4 is 11.1 Å². The second-order valence-electron chi connectivity index (χ2n) is 4.83. The first-order chi connectivity index (χ1) is 10.5. The van der Waals surface area contributed by atoms with E-state index in [4.69, 9.17) is 5.73 Å². The summed E-state index contributed by atoms with van der Waals surface area (Å²) in [5.41, 5.74) is 5.83. The minimum Gasteiger partial charge on any atom is -0.366 e. The van der Waals surface area contributed by atoms with Gasteiger partial charge in [-0.05, 0) is 24.3 Å². The lowest BCUT2D eigenvalue weighted by Gasteiger charge is -2.31. The van der Waals surface area contributed by atoms with Gasteiger partial charge in [0.15, 0.2) is 0 Å². The first-order valence-corrected chi connectivity index (χ1v) is 6.70. The minimum atomic E-state index is -0.758. The Hall–Kier alpha value is -2.90. The molecule has 1 heterocycles. The molecule has 0 radical (unpaired) electrons. The monoisotopic (exact) mass is 304 g/mol. The number of primary amides is 1. The van der Waals surface area contributed by atoms with E-state index in [0.29, 0.717) is 37.4 Å². The predicted molar refractivity (Wildman–Crippen MR) is 77.8 cm³/mol. The molecule has 3 N–H and O–H groups in total. The normalized spacial score (nSPS) is 14.4. The average Bonchev–Trinajstić information content (AvgIpc) is 2.54. The summed E-state index contributed by atoms with van der Waals surface area (Å²) in [4.78, 5) is 48.4. The minimum absolute atomic E-state index is 0.314. The fraction of sp³-hybridized carbons (Fsp3) is 0.286. The van der Waals surface area contributed by atoms with E-state index in [1.807, 2.05) is 0 Å². The molecule has 0 aliphatic carbocycles. The van der Waals surface area contributed by atoms with E-state index in [1.54, 1.807) is 4.90 Å². The van der Waals surface area contributed by atoms with Crippen LogP contribution in [0.3, 0.4) is 0 Å². The number of nitrogens with one attached hydrogen (secondary N) is 1. The van der Waals surface area contributed by atoms with Crippen LogP contribution in [0.4, 0.5) is 5.69 Å². The van der Waals surface area contributed by atoms with Gasteiger partial charge in [0.05, 0.1) is 0 Å². The van der Waals surface area contributed by atoms with Crippen LogP contribution in [-0.2, 0) is 14.4 Å². The van der Waals surface area contributed by atoms with Crippen molar-refractivity contribution in [3.8, 4) is 0 Å². The number of amides is 4. The highest BCUT2D eigenvalue weighted by molar-refractivity contribution is 6.39. The van der Waals surface area contributed by atoms with Crippen molar-refractivity contribution in [1.29, 1.82) is 0 Å². The summed E-state index contributed by atoms with van der Waals surface area (Å²) in [6.45, 7) is 1.48. The van der Waals surface area contributed by atoms with Gasteiger partial charge in [0, 0.05) is 37.4 Å². The summed E-state index contributed by atoms with van der Waals surface area (Å²) in [5, 5.41) is 2.46. The first kappa shape index (κ1) is 15.5. The van der Waals surface area contributed by atoms with Crippen LogP contribution >= 0.6 is 0 Å². The molecule has 1 aromatic rings. The summed E-state index contributed by atoms with van der Waals surface area (Å²) >= 11 is 0. The van der Waals surface area contributed by atoms with Crippen molar-refractivity contribution in [3.05, 3.63) is 29.8 Å². The standard InChI is InChI=1S/C14H16N4O4/c15-12(20)10-1-3-11(4-2-10)16-13(21)14(22)18-7-5-17(9-19)6-8-18/h1-4,9H,5-8H2,(H2,15,20)(H,16,21). The van der Waals surface area contributed by atoms with Crippen molar-refractivity contribution in [1.82, 2.24) is 9.80 Å². The molecule has 1 aliphatic rings. The number of nitrogens with zero attached hydrogens (tertiary/aromatic N) is 2. The van der Waals surface area contributed by atoms with Crippen LogP contribution in [-0.4, -0.2) is 60.1 Å². The van der Waals surface area contributed by atoms with Crippen molar-refractivity contribution in [2.45, 2.75) is 0 Å². The van der Waals surface area contributed by atoms with E-state index >= 15 is 0 Å². The number of hydrogen-bond donors (Lipinski definition) is 2. The Morgan fingerprint density at radius 3 is 2.14 bits per heavy atom. The molecule has 22 heavy (non-hydrogen) atoms. The number of carbonyl (C=O) groups is 4. The molecular weight excluding hydrogens is 288 g/mol. The molecule has 2 rings (SSSR count). The van der Waals surface area contributed by atoms with Crippen LogP contribution in [0, 0.1) is 0 Å². The molecular formula is C14H16N4O4. The Morgan fingerprint density at radius 1 is 1.05 bits per heavy atom. The van der Waals surface area contributed by atoms with Gasteiger partial charge in [0.25, 0.3) is 0 Å². The molecule has 1 saturated heterocycles. The summed E-state index contributed by atoms with van der Waals surface area (Å²) < 4.78 is 0. The second-order valence-corrected chi connectivity index (χ2v) is 4.83. The number of carbonyl (C=O) groups excluding carboxylic acids is 4. The lowest BCUT2D eigenvalue weighted by molar-refractivity contribution is -0.144. The van der Waals surface area contributed by atoms with Gasteiger partial charge in [0.1, 0.15) is 0 Å². The lowest BCUT2D eigenvalue weighted by Crippen LogP contribution is -2.51. The summed E-state index contributed by atoms with van der Waals surface area (Å²) in [5.74, 6) is -1.97. The number of piperazine rings is 1. The fourth-order valence-corrected chi connectivity index (χ4v) is 2.08. The van der Waals surface area contributed by atoms with Gasteiger partial charge in [-0.3, -0.25) is 19.2 Å². The van der Waals surface area contributed by atoms with E-state index in [2.05, 4.69) is 5.32 Å². The Bertz CT molecular complexity index is 591. The zero-order chi connectivity index (χ0) is 16.1. The smallest absolute Gasteiger partial charge is 0.313 e. The molecule has 8 nitrogen and oxygen atoms in total. The van der Waals surface area contributed by atoms with Gasteiger partial charge in [-0.2, -0.15) is 0 Å². The predicted octanol–water partition coefficient (Wildman–Crippen LogP) is -0.975. The molecule has 1 aliphatic heterocycles. The molecule has 0 spiro atoms. The maximum Gasteiger partial charge on any atom is 0.313 e. The van der Waals surface area contributed by atoms with Crippen LogP contribution in [0.2, 0.25) is 0 Å². The van der Waals surface area contributed by atoms with Crippen LogP contribution in [0.1, 0.15) is 10.4 Å². The molecule has 8 heteroatoms. The number of hydrogen-bond acceptors (Lipinski definition) is 4. The van der Waals surface area contributed by atoms with Crippen molar-refractivity contribution in [2.75, 3.05) is 31.5 Å². The third-order valence-electron chi connectivity index (χ3n) is 3.37. The maximum absolute atomic E-state index is 12.0. The third kappa shape index (κ3) is 3.60. The van der Waals surface area contributed by atoms with Crippen molar-refractivity contribution < 1.29 is 19.2 Å². The fourth-order valence-electron chi connectivity index (χ4n) is 2.08. The Balaban J connectivity index is 1.92. The zero-order valence-corrected chi connectivity index (χ0v) is 11.8. The molecule has 4 amide bonds.